The Labute approximate surface area is 211 Å². The van der Waals surface area contributed by atoms with Gasteiger partial charge in [0.05, 0.1) is 19.3 Å². The lowest BCUT2D eigenvalue weighted by Gasteiger charge is -2.39. The topological polar surface area (TPSA) is 57.2 Å². The molecular weight excluding hydrogens is 497 g/mol. The van der Waals surface area contributed by atoms with Crippen LogP contribution in [0.1, 0.15) is 35.6 Å². The minimum Gasteiger partial charge on any atom is -0.454 e. The number of nitrogens with one attached hydrogen (secondary N) is 1. The first-order chi connectivity index (χ1) is 17.8. The molecule has 0 amide bonds. The molecule has 37 heavy (non-hydrogen) atoms. The summed E-state index contributed by atoms with van der Waals surface area (Å²) in [5.74, 6) is -4.27. The molecule has 202 valence electrons. The molecule has 2 unspecified atom stereocenters. The smallest absolute Gasteiger partial charge is 0.283 e. The quantitative estimate of drug-likeness (QED) is 0.479. The van der Waals surface area contributed by atoms with Crippen LogP contribution in [0.4, 0.5) is 27.6 Å². The lowest BCUT2D eigenvalue weighted by atomic mass is 9.86. The van der Waals surface area contributed by atoms with Gasteiger partial charge >= 0.3 is 0 Å². The van der Waals surface area contributed by atoms with Crippen molar-refractivity contribution in [3.8, 4) is 11.5 Å². The maximum absolute atomic E-state index is 15.6. The third kappa shape index (κ3) is 5.49. The molecule has 11 heteroatoms. The van der Waals surface area contributed by atoms with Gasteiger partial charge in [-0.3, -0.25) is 9.29 Å². The molecule has 3 aliphatic rings. The molecule has 1 fully saturated rings. The number of nitrogens with zero attached hydrogens (tertiary/aromatic N) is 2. The van der Waals surface area contributed by atoms with Gasteiger partial charge < -0.3 is 24.8 Å². The Kier molecular flexibility index (Phi) is 7.46. The van der Waals surface area contributed by atoms with E-state index in [-0.39, 0.29) is 37.3 Å². The number of hydrogen-bond donors (Lipinski definition) is 2. The van der Waals surface area contributed by atoms with Crippen LogP contribution < -0.4 is 14.8 Å². The largest absolute Gasteiger partial charge is 0.454 e. The van der Waals surface area contributed by atoms with E-state index in [0.717, 1.165) is 18.5 Å². The summed E-state index contributed by atoms with van der Waals surface area (Å²) in [5, 5.41) is 12.3. The van der Waals surface area contributed by atoms with E-state index < -0.39 is 36.8 Å². The maximum atomic E-state index is 15.6. The molecule has 3 heterocycles. The molecule has 1 saturated heterocycles. The molecule has 0 radical (unpaired) electrons. The summed E-state index contributed by atoms with van der Waals surface area (Å²) in [6, 6.07) is 4.51. The van der Waals surface area contributed by atoms with E-state index >= 15 is 8.78 Å². The van der Waals surface area contributed by atoms with Crippen molar-refractivity contribution in [2.75, 3.05) is 58.1 Å². The average molecular weight is 528 g/mol. The third-order valence-corrected chi connectivity index (χ3v) is 7.23. The number of benzene rings is 2. The predicted molar refractivity (Wildman–Crippen MR) is 127 cm³/mol. The van der Waals surface area contributed by atoms with Crippen LogP contribution in [0.25, 0.3) is 0 Å². The van der Waals surface area contributed by atoms with Gasteiger partial charge in [0.1, 0.15) is 18.2 Å². The zero-order chi connectivity index (χ0) is 26.2. The van der Waals surface area contributed by atoms with Gasteiger partial charge in [0.2, 0.25) is 6.79 Å². The Morgan fingerprint density at radius 3 is 2.49 bits per heavy atom. The van der Waals surface area contributed by atoms with E-state index in [1.165, 1.54) is 17.0 Å². The summed E-state index contributed by atoms with van der Waals surface area (Å²) in [5.41, 5.74) is 1.11. The lowest BCUT2D eigenvalue weighted by molar-refractivity contribution is -0.0790. The molecule has 0 aliphatic carbocycles. The van der Waals surface area contributed by atoms with Crippen LogP contribution in [0.3, 0.4) is 0 Å². The second-order valence-electron chi connectivity index (χ2n) is 9.87. The zero-order valence-corrected chi connectivity index (χ0v) is 20.3. The first kappa shape index (κ1) is 26.0. The first-order valence-electron chi connectivity index (χ1n) is 12.5. The van der Waals surface area contributed by atoms with E-state index in [1.54, 1.807) is 12.1 Å². The fraction of sp³-hybridized carbons (Fsp3) is 0.538. The standard InChI is InChI=1S/C26H30F5N3O3/c27-4-1-5-33-6-3-17(12-33)32-18-9-20(28)24(21(29)10-18)25-19-11-23-22(36-15-37-23)8-16(19)2-7-34(25)13-26(30,31)14-35/h8-11,17,25,32,35H,1-7,12-15H2. The molecule has 3 aliphatic heterocycles. The zero-order valence-electron chi connectivity index (χ0n) is 20.3. The number of aliphatic hydroxyl groups excluding tert-OH is 1. The highest BCUT2D eigenvalue weighted by Gasteiger charge is 2.40. The normalized spacial score (nSPS) is 21.9. The van der Waals surface area contributed by atoms with Crippen molar-refractivity contribution in [2.45, 2.75) is 37.3 Å². The number of halogens is 5. The summed E-state index contributed by atoms with van der Waals surface area (Å²) in [6.45, 7) is -0.473. The van der Waals surface area contributed by atoms with Crippen LogP contribution in [0.15, 0.2) is 24.3 Å². The monoisotopic (exact) mass is 527 g/mol. The average Bonchev–Trinajstić information content (AvgIpc) is 3.51. The number of ether oxygens (including phenoxy) is 2. The highest BCUT2D eigenvalue weighted by Crippen LogP contribution is 2.45. The Morgan fingerprint density at radius 2 is 1.78 bits per heavy atom. The first-order valence-corrected chi connectivity index (χ1v) is 12.5. The molecule has 2 aromatic carbocycles. The van der Waals surface area contributed by atoms with Gasteiger partial charge in [0.15, 0.2) is 11.5 Å². The van der Waals surface area contributed by atoms with Crippen LogP contribution >= 0.6 is 0 Å². The van der Waals surface area contributed by atoms with Crippen LogP contribution in [0.2, 0.25) is 0 Å². The van der Waals surface area contributed by atoms with Gasteiger partial charge in [0, 0.05) is 43.5 Å². The molecule has 0 bridgehead atoms. The maximum Gasteiger partial charge on any atom is 0.283 e. The number of likely N-dealkylation sites (tertiary alicyclic amines) is 1. The van der Waals surface area contributed by atoms with Gasteiger partial charge in [-0.1, -0.05) is 0 Å². The van der Waals surface area contributed by atoms with Gasteiger partial charge in [-0.2, -0.15) is 0 Å². The summed E-state index contributed by atoms with van der Waals surface area (Å²) in [6.07, 6.45) is 1.57. The molecule has 2 aromatic rings. The van der Waals surface area contributed by atoms with Crippen molar-refractivity contribution in [1.82, 2.24) is 9.80 Å². The Hall–Kier alpha value is -2.63. The molecule has 2 atom stereocenters. The Morgan fingerprint density at radius 1 is 1.05 bits per heavy atom. The third-order valence-electron chi connectivity index (χ3n) is 7.23. The number of hydrogen-bond acceptors (Lipinski definition) is 6. The summed E-state index contributed by atoms with van der Waals surface area (Å²) >= 11 is 0. The predicted octanol–water partition coefficient (Wildman–Crippen LogP) is 4.11. The van der Waals surface area contributed by atoms with Crippen LogP contribution in [-0.2, 0) is 6.42 Å². The number of fused-ring (bicyclic) bond motifs is 2. The molecular formula is C26H30F5N3O3. The SMILES string of the molecule is OCC(F)(F)CN1CCc2cc3c(cc2C1c1c(F)cc(NC2CCN(CCCF)C2)cc1F)OCO3. The van der Waals surface area contributed by atoms with Crippen molar-refractivity contribution in [3.05, 3.63) is 52.6 Å². The molecule has 0 saturated carbocycles. The van der Waals surface area contributed by atoms with Gasteiger partial charge in [0.25, 0.3) is 5.92 Å². The van der Waals surface area contributed by atoms with Crippen LogP contribution in [-0.4, -0.2) is 79.7 Å². The fourth-order valence-electron chi connectivity index (χ4n) is 5.52. The van der Waals surface area contributed by atoms with Crippen molar-refractivity contribution >= 4 is 5.69 Å². The summed E-state index contributed by atoms with van der Waals surface area (Å²) in [7, 11) is 0. The van der Waals surface area contributed by atoms with E-state index in [4.69, 9.17) is 14.6 Å². The van der Waals surface area contributed by atoms with Crippen molar-refractivity contribution in [1.29, 1.82) is 0 Å². The van der Waals surface area contributed by atoms with E-state index in [0.29, 0.717) is 43.0 Å². The van der Waals surface area contributed by atoms with Crippen molar-refractivity contribution < 1.29 is 36.5 Å². The van der Waals surface area contributed by atoms with Gasteiger partial charge in [-0.25, -0.2) is 17.6 Å². The second kappa shape index (κ2) is 10.6. The highest BCUT2D eigenvalue weighted by molar-refractivity contribution is 5.55. The highest BCUT2D eigenvalue weighted by atomic mass is 19.3. The molecule has 0 aromatic heterocycles. The van der Waals surface area contributed by atoms with E-state index in [2.05, 4.69) is 10.2 Å². The summed E-state index contributed by atoms with van der Waals surface area (Å²) < 4.78 is 83.1. The van der Waals surface area contributed by atoms with Crippen LogP contribution in [0.5, 0.6) is 11.5 Å². The second-order valence-corrected chi connectivity index (χ2v) is 9.87. The van der Waals surface area contributed by atoms with Crippen molar-refractivity contribution in [3.63, 3.8) is 0 Å². The number of rotatable bonds is 9. The minimum atomic E-state index is -3.45. The fourth-order valence-corrected chi connectivity index (χ4v) is 5.52. The van der Waals surface area contributed by atoms with E-state index in [9.17, 15) is 13.2 Å². The minimum absolute atomic E-state index is 0.00462. The Balaban J connectivity index is 1.46. The number of alkyl halides is 3. The van der Waals surface area contributed by atoms with Gasteiger partial charge in [-0.05, 0) is 54.7 Å². The molecule has 2 N–H and O–H groups in total. The van der Waals surface area contributed by atoms with E-state index in [1.807, 2.05) is 0 Å². The summed E-state index contributed by atoms with van der Waals surface area (Å²) in [4.78, 5) is 3.40. The van der Waals surface area contributed by atoms with Crippen LogP contribution in [0, 0.1) is 11.6 Å². The molecule has 5 rings (SSSR count). The van der Waals surface area contributed by atoms with Gasteiger partial charge in [-0.15, -0.1) is 0 Å². The number of anilines is 1. The Bertz CT molecular complexity index is 1110. The van der Waals surface area contributed by atoms with Crippen molar-refractivity contribution in [2.24, 2.45) is 0 Å². The number of aliphatic hydroxyl groups is 1. The molecule has 6 nitrogen and oxygen atoms in total. The molecule has 0 spiro atoms. The lowest BCUT2D eigenvalue weighted by Crippen LogP contribution is -2.45.